The predicted molar refractivity (Wildman–Crippen MR) is 109 cm³/mol. The Kier molecular flexibility index (Phi) is 5.32. The highest BCUT2D eigenvalue weighted by molar-refractivity contribution is 7.71. The smallest absolute Gasteiger partial charge is 0.262 e. The minimum absolute atomic E-state index is 0.205. The molecule has 150 valence electrons. The van der Waals surface area contributed by atoms with Crippen LogP contribution in [0.15, 0.2) is 41.2 Å². The van der Waals surface area contributed by atoms with Crippen molar-refractivity contribution in [2.45, 2.75) is 13.1 Å². The van der Waals surface area contributed by atoms with Gasteiger partial charge in [-0.3, -0.25) is 14.2 Å². The molecular formula is C20H19N3O5S. The van der Waals surface area contributed by atoms with Crippen molar-refractivity contribution in [1.82, 2.24) is 14.9 Å². The number of rotatable bonds is 6. The van der Waals surface area contributed by atoms with Crippen molar-refractivity contribution in [1.29, 1.82) is 0 Å². The number of hydrogen-bond acceptors (Lipinski definition) is 6. The van der Waals surface area contributed by atoms with Gasteiger partial charge in [0.2, 0.25) is 6.79 Å². The maximum atomic E-state index is 12.6. The molecule has 29 heavy (non-hydrogen) atoms. The summed E-state index contributed by atoms with van der Waals surface area (Å²) in [5.74, 6) is 1.10. The van der Waals surface area contributed by atoms with E-state index in [2.05, 4.69) is 10.3 Å². The van der Waals surface area contributed by atoms with E-state index in [9.17, 15) is 9.59 Å². The van der Waals surface area contributed by atoms with Crippen LogP contribution >= 0.6 is 12.2 Å². The molecule has 2 heterocycles. The summed E-state index contributed by atoms with van der Waals surface area (Å²) in [5, 5.41) is 3.32. The second-order valence-electron chi connectivity index (χ2n) is 6.51. The number of amides is 1. The Hall–Kier alpha value is -3.17. The quantitative estimate of drug-likeness (QED) is 0.603. The van der Waals surface area contributed by atoms with Gasteiger partial charge in [0.1, 0.15) is 0 Å². The third-order valence-corrected chi connectivity index (χ3v) is 4.98. The van der Waals surface area contributed by atoms with E-state index in [1.54, 1.807) is 25.3 Å². The van der Waals surface area contributed by atoms with Gasteiger partial charge >= 0.3 is 0 Å². The molecule has 2 N–H and O–H groups in total. The fourth-order valence-corrected chi connectivity index (χ4v) is 3.40. The van der Waals surface area contributed by atoms with E-state index >= 15 is 0 Å². The van der Waals surface area contributed by atoms with Crippen LogP contribution < -0.4 is 20.3 Å². The lowest BCUT2D eigenvalue weighted by Crippen LogP contribution is -2.25. The standard InChI is InChI=1S/C20H19N3O5S/c1-26-7-6-23-19(25)14-4-3-13(9-15(14)22-20(23)29)18(24)21-10-12-2-5-16-17(8-12)28-11-27-16/h2-5,8-9H,6-7,10-11H2,1H3,(H,21,24)(H,22,29). The number of methoxy groups -OCH3 is 1. The first-order valence-electron chi connectivity index (χ1n) is 8.99. The largest absolute Gasteiger partial charge is 0.454 e. The molecule has 2 aromatic carbocycles. The fraction of sp³-hybridized carbons (Fsp3) is 0.250. The Bertz CT molecular complexity index is 1200. The summed E-state index contributed by atoms with van der Waals surface area (Å²) in [6, 6.07) is 10.4. The number of aromatic amines is 1. The summed E-state index contributed by atoms with van der Waals surface area (Å²) in [6.45, 7) is 1.28. The van der Waals surface area contributed by atoms with E-state index in [0.717, 1.165) is 5.56 Å². The van der Waals surface area contributed by atoms with Gasteiger partial charge in [0, 0.05) is 19.2 Å². The number of carbonyl (C=O) groups excluding carboxylic acids is 1. The summed E-state index contributed by atoms with van der Waals surface area (Å²) < 4.78 is 17.4. The number of benzene rings is 2. The summed E-state index contributed by atoms with van der Waals surface area (Å²) in [7, 11) is 1.56. The van der Waals surface area contributed by atoms with Crippen LogP contribution in [0.1, 0.15) is 15.9 Å². The summed E-state index contributed by atoms with van der Waals surface area (Å²) in [5.41, 5.74) is 1.62. The lowest BCUT2D eigenvalue weighted by Gasteiger charge is -2.09. The number of H-pyrrole nitrogens is 1. The Morgan fingerprint density at radius 1 is 1.24 bits per heavy atom. The monoisotopic (exact) mass is 413 g/mol. The van der Waals surface area contributed by atoms with Crippen molar-refractivity contribution in [3.63, 3.8) is 0 Å². The van der Waals surface area contributed by atoms with Crippen LogP contribution in [-0.4, -0.2) is 36.0 Å². The van der Waals surface area contributed by atoms with Crippen LogP contribution in [0.3, 0.4) is 0 Å². The molecule has 0 radical (unpaired) electrons. The molecule has 0 aliphatic carbocycles. The van der Waals surface area contributed by atoms with E-state index in [1.165, 1.54) is 4.57 Å². The minimum atomic E-state index is -0.257. The molecule has 0 bridgehead atoms. The van der Waals surface area contributed by atoms with Crippen LogP contribution in [0.4, 0.5) is 0 Å². The van der Waals surface area contributed by atoms with Crippen LogP contribution in [-0.2, 0) is 17.8 Å². The van der Waals surface area contributed by atoms with Crippen LogP contribution in [0.5, 0.6) is 11.5 Å². The fourth-order valence-electron chi connectivity index (χ4n) is 3.12. The zero-order valence-corrected chi connectivity index (χ0v) is 16.5. The maximum Gasteiger partial charge on any atom is 0.262 e. The Morgan fingerprint density at radius 3 is 2.90 bits per heavy atom. The third-order valence-electron chi connectivity index (χ3n) is 4.65. The van der Waals surface area contributed by atoms with Gasteiger partial charge in [-0.05, 0) is 48.1 Å². The third kappa shape index (κ3) is 3.87. The SMILES string of the molecule is COCCn1c(=S)[nH]c2cc(C(=O)NCc3ccc4c(c3)OCO4)ccc2c1=O. The minimum Gasteiger partial charge on any atom is -0.454 e. The molecule has 1 aliphatic heterocycles. The summed E-state index contributed by atoms with van der Waals surface area (Å²) >= 11 is 5.27. The van der Waals surface area contributed by atoms with Gasteiger partial charge in [-0.1, -0.05) is 6.07 Å². The van der Waals surface area contributed by atoms with E-state index in [0.29, 0.717) is 47.7 Å². The summed E-state index contributed by atoms with van der Waals surface area (Å²) in [4.78, 5) is 28.2. The maximum absolute atomic E-state index is 12.6. The molecule has 0 atom stereocenters. The van der Waals surface area contributed by atoms with E-state index in [-0.39, 0.29) is 23.0 Å². The molecule has 9 heteroatoms. The molecular weight excluding hydrogens is 394 g/mol. The van der Waals surface area contributed by atoms with Gasteiger partial charge in [-0.25, -0.2) is 0 Å². The van der Waals surface area contributed by atoms with Crippen LogP contribution in [0.2, 0.25) is 0 Å². The van der Waals surface area contributed by atoms with Crippen molar-refractivity contribution in [3.05, 3.63) is 62.6 Å². The zero-order valence-electron chi connectivity index (χ0n) is 15.7. The van der Waals surface area contributed by atoms with Gasteiger partial charge in [0.05, 0.1) is 24.1 Å². The molecule has 3 aromatic rings. The predicted octanol–water partition coefficient (Wildman–Crippen LogP) is 2.36. The molecule has 0 saturated heterocycles. The number of fused-ring (bicyclic) bond motifs is 2. The second kappa shape index (κ2) is 8.06. The van der Waals surface area contributed by atoms with Crippen LogP contribution in [0, 0.1) is 4.77 Å². The molecule has 1 amide bonds. The van der Waals surface area contributed by atoms with Crippen molar-refractivity contribution in [2.75, 3.05) is 20.5 Å². The van der Waals surface area contributed by atoms with Gasteiger partial charge in [0.15, 0.2) is 16.3 Å². The van der Waals surface area contributed by atoms with Crippen molar-refractivity contribution in [2.24, 2.45) is 0 Å². The average molecular weight is 413 g/mol. The van der Waals surface area contributed by atoms with E-state index < -0.39 is 0 Å². The molecule has 4 rings (SSSR count). The first-order chi connectivity index (χ1) is 14.1. The highest BCUT2D eigenvalue weighted by Gasteiger charge is 2.14. The molecule has 1 aromatic heterocycles. The topological polar surface area (TPSA) is 94.6 Å². The molecule has 0 fully saturated rings. The molecule has 0 spiro atoms. The normalized spacial score (nSPS) is 12.3. The number of nitrogens with one attached hydrogen (secondary N) is 2. The highest BCUT2D eigenvalue weighted by atomic mass is 32.1. The number of nitrogens with zero attached hydrogens (tertiary/aromatic N) is 1. The van der Waals surface area contributed by atoms with Crippen molar-refractivity contribution in [3.8, 4) is 11.5 Å². The first kappa shape index (κ1) is 19.2. The van der Waals surface area contributed by atoms with Gasteiger partial charge in [-0.15, -0.1) is 0 Å². The van der Waals surface area contributed by atoms with Gasteiger partial charge in [-0.2, -0.15) is 0 Å². The molecule has 8 nitrogen and oxygen atoms in total. The van der Waals surface area contributed by atoms with Crippen molar-refractivity contribution < 1.29 is 19.0 Å². The summed E-state index contributed by atoms with van der Waals surface area (Å²) in [6.07, 6.45) is 0. The van der Waals surface area contributed by atoms with Crippen molar-refractivity contribution >= 4 is 29.0 Å². The molecule has 0 unspecified atom stereocenters. The lowest BCUT2D eigenvalue weighted by atomic mass is 10.1. The van der Waals surface area contributed by atoms with Crippen LogP contribution in [0.25, 0.3) is 10.9 Å². The van der Waals surface area contributed by atoms with Gasteiger partial charge < -0.3 is 24.5 Å². The molecule has 1 aliphatic rings. The lowest BCUT2D eigenvalue weighted by molar-refractivity contribution is 0.0951. The second-order valence-corrected chi connectivity index (χ2v) is 6.90. The first-order valence-corrected chi connectivity index (χ1v) is 9.40. The van der Waals surface area contributed by atoms with E-state index in [4.69, 9.17) is 26.4 Å². The number of carbonyl (C=O) groups is 1. The zero-order chi connectivity index (χ0) is 20.4. The Labute approximate surface area is 171 Å². The Balaban J connectivity index is 1.53. The highest BCUT2D eigenvalue weighted by Crippen LogP contribution is 2.32. The number of aromatic nitrogens is 2. The number of ether oxygens (including phenoxy) is 3. The molecule has 0 saturated carbocycles. The average Bonchev–Trinajstić information content (AvgIpc) is 3.19. The van der Waals surface area contributed by atoms with E-state index in [1.807, 2.05) is 18.2 Å². The number of hydrogen-bond donors (Lipinski definition) is 2. The Morgan fingerprint density at radius 2 is 2.07 bits per heavy atom. The van der Waals surface area contributed by atoms with Gasteiger partial charge in [0.25, 0.3) is 11.5 Å².